The van der Waals surface area contributed by atoms with Crippen molar-refractivity contribution < 1.29 is 18.0 Å². The molecule has 21 heavy (non-hydrogen) atoms. The number of hydrogen-bond acceptors (Lipinski definition) is 1. The lowest BCUT2D eigenvalue weighted by Gasteiger charge is -2.06. The number of carbonyl (C=O) groups excluding carboxylic acids is 1. The molecule has 5 heteroatoms. The van der Waals surface area contributed by atoms with Crippen LogP contribution in [0.25, 0.3) is 6.08 Å². The molecule has 0 saturated heterocycles. The van der Waals surface area contributed by atoms with E-state index in [0.29, 0.717) is 10.6 Å². The van der Waals surface area contributed by atoms with Crippen LogP contribution in [0.15, 0.2) is 54.6 Å². The van der Waals surface area contributed by atoms with Crippen LogP contribution in [0.3, 0.4) is 0 Å². The Labute approximate surface area is 124 Å². The molecule has 0 fully saturated rings. The first-order valence-electron chi connectivity index (χ1n) is 6.02. The highest BCUT2D eigenvalue weighted by Crippen LogP contribution is 2.29. The largest absolute Gasteiger partial charge is 0.416 e. The van der Waals surface area contributed by atoms with Crippen LogP contribution in [-0.2, 0) is 6.18 Å². The van der Waals surface area contributed by atoms with Crippen LogP contribution in [0.1, 0.15) is 21.5 Å². The third kappa shape index (κ3) is 3.95. The van der Waals surface area contributed by atoms with Crippen molar-refractivity contribution in [1.82, 2.24) is 0 Å². The molecule has 2 aromatic carbocycles. The van der Waals surface area contributed by atoms with Gasteiger partial charge in [-0.25, -0.2) is 0 Å². The molecule has 2 aromatic rings. The summed E-state index contributed by atoms with van der Waals surface area (Å²) in [7, 11) is 0. The van der Waals surface area contributed by atoms with Crippen molar-refractivity contribution in [1.29, 1.82) is 0 Å². The van der Waals surface area contributed by atoms with Crippen LogP contribution in [0.5, 0.6) is 0 Å². The van der Waals surface area contributed by atoms with Crippen molar-refractivity contribution in [2.45, 2.75) is 6.18 Å². The molecule has 0 aliphatic heterocycles. The van der Waals surface area contributed by atoms with Gasteiger partial charge in [0.1, 0.15) is 0 Å². The molecule has 0 aliphatic carbocycles. The Bertz CT molecular complexity index is 673. The number of halogens is 4. The molecule has 2 rings (SSSR count). The van der Waals surface area contributed by atoms with E-state index in [4.69, 9.17) is 11.6 Å². The van der Waals surface area contributed by atoms with E-state index in [1.165, 1.54) is 12.2 Å². The van der Waals surface area contributed by atoms with Crippen molar-refractivity contribution in [3.8, 4) is 0 Å². The van der Waals surface area contributed by atoms with Crippen molar-refractivity contribution in [2.75, 3.05) is 0 Å². The number of allylic oxidation sites excluding steroid dienone is 1. The van der Waals surface area contributed by atoms with E-state index in [9.17, 15) is 18.0 Å². The van der Waals surface area contributed by atoms with Gasteiger partial charge >= 0.3 is 6.18 Å². The molecular formula is C16H10ClF3O. The van der Waals surface area contributed by atoms with Crippen molar-refractivity contribution in [3.63, 3.8) is 0 Å². The van der Waals surface area contributed by atoms with Gasteiger partial charge in [0.25, 0.3) is 0 Å². The minimum atomic E-state index is -4.41. The van der Waals surface area contributed by atoms with Crippen LogP contribution >= 0.6 is 11.6 Å². The Balaban J connectivity index is 2.16. The van der Waals surface area contributed by atoms with Gasteiger partial charge in [0, 0.05) is 10.6 Å². The molecule has 0 unspecified atom stereocenters. The molecule has 0 N–H and O–H groups in total. The molecular weight excluding hydrogens is 301 g/mol. The van der Waals surface area contributed by atoms with Crippen LogP contribution in [0.2, 0.25) is 5.02 Å². The predicted molar refractivity (Wildman–Crippen MR) is 76.3 cm³/mol. The zero-order chi connectivity index (χ0) is 15.5. The van der Waals surface area contributed by atoms with Crippen LogP contribution in [0.4, 0.5) is 13.2 Å². The van der Waals surface area contributed by atoms with Gasteiger partial charge in [0.2, 0.25) is 0 Å². The maximum absolute atomic E-state index is 12.4. The lowest BCUT2D eigenvalue weighted by molar-refractivity contribution is -0.137. The fraction of sp³-hybridized carbons (Fsp3) is 0.0625. The molecule has 0 amide bonds. The average molecular weight is 311 g/mol. The predicted octanol–water partition coefficient (Wildman–Crippen LogP) is 5.25. The van der Waals surface area contributed by atoms with Gasteiger partial charge in [0.15, 0.2) is 5.78 Å². The zero-order valence-corrected chi connectivity index (χ0v) is 11.4. The average Bonchev–Trinajstić information content (AvgIpc) is 2.45. The van der Waals surface area contributed by atoms with Crippen molar-refractivity contribution in [3.05, 3.63) is 76.3 Å². The molecule has 0 aromatic heterocycles. The highest BCUT2D eigenvalue weighted by Gasteiger charge is 2.30. The quantitative estimate of drug-likeness (QED) is 0.558. The van der Waals surface area contributed by atoms with Crippen LogP contribution in [-0.4, -0.2) is 5.78 Å². The number of alkyl halides is 3. The standard InChI is InChI=1S/C16H10ClF3O/c17-14-4-2-1-3-11(14)7-10-15(21)12-5-8-13(9-6-12)16(18,19)20/h1-10H/b10-7+. The molecule has 0 aliphatic rings. The summed E-state index contributed by atoms with van der Waals surface area (Å²) in [5, 5.41) is 0.494. The number of rotatable bonds is 3. The van der Waals surface area contributed by atoms with Gasteiger partial charge in [-0.1, -0.05) is 41.9 Å². The van der Waals surface area contributed by atoms with Gasteiger partial charge in [-0.3, -0.25) is 4.79 Å². The number of ketones is 1. The lowest BCUT2D eigenvalue weighted by Crippen LogP contribution is -2.05. The Hall–Kier alpha value is -2.07. The third-order valence-electron chi connectivity index (χ3n) is 2.82. The van der Waals surface area contributed by atoms with Crippen molar-refractivity contribution >= 4 is 23.5 Å². The summed E-state index contributed by atoms with van der Waals surface area (Å²) in [6.07, 6.45) is -1.60. The van der Waals surface area contributed by atoms with E-state index in [-0.39, 0.29) is 11.3 Å². The summed E-state index contributed by atoms with van der Waals surface area (Å²) in [6.45, 7) is 0. The summed E-state index contributed by atoms with van der Waals surface area (Å²) in [5.41, 5.74) is 0.0693. The summed E-state index contributed by atoms with van der Waals surface area (Å²) in [5.74, 6) is -0.386. The second-order valence-corrected chi connectivity index (χ2v) is 4.70. The topological polar surface area (TPSA) is 17.1 Å². The first kappa shape index (κ1) is 15.3. The molecule has 0 spiro atoms. The Morgan fingerprint density at radius 2 is 1.62 bits per heavy atom. The Morgan fingerprint density at radius 3 is 2.19 bits per heavy atom. The molecule has 0 radical (unpaired) electrons. The maximum atomic E-state index is 12.4. The molecule has 1 nitrogen and oxygen atoms in total. The smallest absolute Gasteiger partial charge is 0.289 e. The lowest BCUT2D eigenvalue weighted by atomic mass is 10.1. The minimum Gasteiger partial charge on any atom is -0.289 e. The SMILES string of the molecule is O=C(/C=C/c1ccccc1Cl)c1ccc(C(F)(F)F)cc1. The van der Waals surface area contributed by atoms with E-state index in [2.05, 4.69) is 0 Å². The van der Waals surface area contributed by atoms with Crippen molar-refractivity contribution in [2.24, 2.45) is 0 Å². The van der Waals surface area contributed by atoms with Gasteiger partial charge in [0.05, 0.1) is 5.56 Å². The minimum absolute atomic E-state index is 0.186. The molecule has 0 atom stereocenters. The van der Waals surface area contributed by atoms with Gasteiger partial charge in [-0.05, 0) is 35.9 Å². The first-order valence-corrected chi connectivity index (χ1v) is 6.40. The number of carbonyl (C=O) groups is 1. The second-order valence-electron chi connectivity index (χ2n) is 4.29. The third-order valence-corrected chi connectivity index (χ3v) is 3.16. The van der Waals surface area contributed by atoms with Crippen LogP contribution in [0, 0.1) is 0 Å². The zero-order valence-electron chi connectivity index (χ0n) is 10.7. The normalized spacial score (nSPS) is 11.8. The van der Waals surface area contributed by atoms with E-state index >= 15 is 0 Å². The highest BCUT2D eigenvalue weighted by atomic mass is 35.5. The summed E-state index contributed by atoms with van der Waals surface area (Å²) >= 11 is 5.94. The molecule has 108 valence electrons. The number of hydrogen-bond donors (Lipinski definition) is 0. The molecule has 0 heterocycles. The summed E-state index contributed by atoms with van der Waals surface area (Å²) in [4.78, 5) is 11.9. The van der Waals surface area contributed by atoms with E-state index in [1.54, 1.807) is 24.3 Å². The van der Waals surface area contributed by atoms with Gasteiger partial charge in [-0.15, -0.1) is 0 Å². The fourth-order valence-electron chi connectivity index (χ4n) is 1.70. The van der Waals surface area contributed by atoms with Crippen LogP contribution < -0.4 is 0 Å². The molecule has 0 saturated carbocycles. The van der Waals surface area contributed by atoms with E-state index in [1.807, 2.05) is 0 Å². The summed E-state index contributed by atoms with van der Waals surface area (Å²) < 4.78 is 37.3. The van der Waals surface area contributed by atoms with Gasteiger partial charge < -0.3 is 0 Å². The van der Waals surface area contributed by atoms with E-state index in [0.717, 1.165) is 24.3 Å². The van der Waals surface area contributed by atoms with Gasteiger partial charge in [-0.2, -0.15) is 13.2 Å². The fourth-order valence-corrected chi connectivity index (χ4v) is 1.89. The number of benzene rings is 2. The van der Waals surface area contributed by atoms with E-state index < -0.39 is 11.7 Å². The second kappa shape index (κ2) is 6.14. The summed E-state index contributed by atoms with van der Waals surface area (Å²) in [6, 6.07) is 11.0. The Kier molecular flexibility index (Phi) is 4.48. The first-order chi connectivity index (χ1) is 9.88. The monoisotopic (exact) mass is 310 g/mol. The Morgan fingerprint density at radius 1 is 1.00 bits per heavy atom. The molecule has 0 bridgehead atoms. The maximum Gasteiger partial charge on any atom is 0.416 e. The highest BCUT2D eigenvalue weighted by molar-refractivity contribution is 6.32.